The molecule has 0 unspecified atom stereocenters. The number of hydrogen-bond donors (Lipinski definition) is 1. The predicted molar refractivity (Wildman–Crippen MR) is 42.9 cm³/mol. The summed E-state index contributed by atoms with van der Waals surface area (Å²) in [7, 11) is -3.18. The normalized spacial score (nSPS) is 34.8. The van der Waals surface area contributed by atoms with Crippen molar-refractivity contribution in [2.75, 3.05) is 26.2 Å². The van der Waals surface area contributed by atoms with Crippen LogP contribution in [0.5, 0.6) is 0 Å². The molecule has 0 aromatic heterocycles. The van der Waals surface area contributed by atoms with Crippen LogP contribution in [0.3, 0.4) is 0 Å². The van der Waals surface area contributed by atoms with Crippen molar-refractivity contribution < 1.29 is 13.2 Å². The van der Waals surface area contributed by atoms with Gasteiger partial charge in [0, 0.05) is 19.6 Å². The maximum atomic E-state index is 11.3. The van der Waals surface area contributed by atoms with Gasteiger partial charge in [0.05, 0.1) is 12.7 Å². The van der Waals surface area contributed by atoms with E-state index >= 15 is 0 Å². The summed E-state index contributed by atoms with van der Waals surface area (Å²) < 4.78 is 31.5. The summed E-state index contributed by atoms with van der Waals surface area (Å²) in [6.07, 6.45) is 1.02. The van der Waals surface area contributed by atoms with E-state index in [1.807, 2.05) is 0 Å². The smallest absolute Gasteiger partial charge is 0.279 e. The van der Waals surface area contributed by atoms with Gasteiger partial charge in [-0.3, -0.25) is 0 Å². The number of hydrogen-bond acceptors (Lipinski definition) is 3. The van der Waals surface area contributed by atoms with E-state index in [1.54, 1.807) is 0 Å². The quantitative estimate of drug-likeness (QED) is 0.566. The van der Waals surface area contributed by atoms with Crippen LogP contribution in [0.15, 0.2) is 0 Å². The highest BCUT2D eigenvalue weighted by atomic mass is 32.2. The number of rotatable bonds is 2. The van der Waals surface area contributed by atoms with E-state index in [2.05, 4.69) is 4.72 Å². The van der Waals surface area contributed by atoms with Gasteiger partial charge < -0.3 is 4.74 Å². The lowest BCUT2D eigenvalue weighted by atomic mass is 10.4. The van der Waals surface area contributed by atoms with Gasteiger partial charge in [-0.15, -0.1) is 0 Å². The highest BCUT2D eigenvalue weighted by Gasteiger charge is 2.32. The second-order valence-electron chi connectivity index (χ2n) is 3.07. The Hall–Kier alpha value is -0.170. The molecule has 0 spiro atoms. The molecule has 2 aliphatic rings. The summed E-state index contributed by atoms with van der Waals surface area (Å²) in [6, 6.07) is 0. The Labute approximate surface area is 71.9 Å². The number of nitrogens with zero attached hydrogens (tertiary/aromatic N) is 1. The molecule has 1 atom stereocenters. The van der Waals surface area contributed by atoms with Crippen LogP contribution in [0, 0.1) is 0 Å². The summed E-state index contributed by atoms with van der Waals surface area (Å²) in [5.74, 6) is 0. The van der Waals surface area contributed by atoms with E-state index in [0.717, 1.165) is 6.42 Å². The zero-order chi connectivity index (χ0) is 8.60. The van der Waals surface area contributed by atoms with Crippen molar-refractivity contribution in [1.82, 2.24) is 9.03 Å². The summed E-state index contributed by atoms with van der Waals surface area (Å²) in [5.41, 5.74) is 0. The van der Waals surface area contributed by atoms with Gasteiger partial charge in [-0.05, 0) is 6.42 Å². The van der Waals surface area contributed by atoms with Gasteiger partial charge in [0.1, 0.15) is 0 Å². The van der Waals surface area contributed by atoms with E-state index in [0.29, 0.717) is 26.2 Å². The first-order valence-corrected chi connectivity index (χ1v) is 5.49. The third-order valence-corrected chi connectivity index (χ3v) is 3.60. The summed E-state index contributed by atoms with van der Waals surface area (Å²) in [5, 5.41) is 0. The fraction of sp³-hybridized carbons (Fsp3) is 1.00. The van der Waals surface area contributed by atoms with Gasteiger partial charge >= 0.3 is 0 Å². The molecule has 70 valence electrons. The highest BCUT2D eigenvalue weighted by Crippen LogP contribution is 2.14. The van der Waals surface area contributed by atoms with Crippen LogP contribution in [0.2, 0.25) is 0 Å². The van der Waals surface area contributed by atoms with E-state index < -0.39 is 10.2 Å². The van der Waals surface area contributed by atoms with Crippen LogP contribution >= 0.6 is 0 Å². The van der Waals surface area contributed by atoms with Crippen LogP contribution < -0.4 is 4.72 Å². The molecular formula is C6H12N2O3S. The largest absolute Gasteiger partial charge is 0.372 e. The Morgan fingerprint density at radius 3 is 2.92 bits per heavy atom. The third-order valence-electron chi connectivity index (χ3n) is 2.02. The number of epoxide rings is 1. The molecule has 0 aliphatic carbocycles. The minimum absolute atomic E-state index is 0.139. The minimum atomic E-state index is -3.18. The molecule has 12 heavy (non-hydrogen) atoms. The first-order chi connectivity index (χ1) is 5.68. The van der Waals surface area contributed by atoms with Gasteiger partial charge in [0.2, 0.25) is 0 Å². The molecule has 0 aromatic carbocycles. The SMILES string of the molecule is O=S1(=O)NCCCN1C[C@@H]1CO1. The molecule has 2 aliphatic heterocycles. The van der Waals surface area contributed by atoms with Crippen molar-refractivity contribution >= 4 is 10.2 Å². The van der Waals surface area contributed by atoms with Crippen molar-refractivity contribution in [1.29, 1.82) is 0 Å². The summed E-state index contributed by atoms with van der Waals surface area (Å²) in [6.45, 7) is 2.39. The van der Waals surface area contributed by atoms with E-state index in [9.17, 15) is 8.42 Å². The van der Waals surface area contributed by atoms with Gasteiger partial charge in [-0.2, -0.15) is 12.7 Å². The lowest BCUT2D eigenvalue weighted by molar-refractivity contribution is 0.319. The highest BCUT2D eigenvalue weighted by molar-refractivity contribution is 7.87. The monoisotopic (exact) mass is 192 g/mol. The number of nitrogens with one attached hydrogen (secondary N) is 1. The average Bonchev–Trinajstić information content (AvgIpc) is 2.77. The Morgan fingerprint density at radius 2 is 2.33 bits per heavy atom. The first kappa shape index (κ1) is 8.43. The second kappa shape index (κ2) is 2.95. The lowest BCUT2D eigenvalue weighted by Gasteiger charge is -2.25. The van der Waals surface area contributed by atoms with E-state index in [1.165, 1.54) is 4.31 Å². The third kappa shape index (κ3) is 1.77. The minimum Gasteiger partial charge on any atom is -0.372 e. The molecule has 0 radical (unpaired) electrons. The number of ether oxygens (including phenoxy) is 1. The van der Waals surface area contributed by atoms with Crippen LogP contribution in [-0.4, -0.2) is 45.1 Å². The summed E-state index contributed by atoms with van der Waals surface area (Å²) in [4.78, 5) is 0. The van der Waals surface area contributed by atoms with Crippen LogP contribution in [0.25, 0.3) is 0 Å². The predicted octanol–water partition coefficient (Wildman–Crippen LogP) is -1.07. The molecule has 6 heteroatoms. The Morgan fingerprint density at radius 1 is 1.58 bits per heavy atom. The van der Waals surface area contributed by atoms with Crippen molar-refractivity contribution in [2.24, 2.45) is 0 Å². The summed E-state index contributed by atoms with van der Waals surface area (Å²) >= 11 is 0. The van der Waals surface area contributed by atoms with Gasteiger partial charge in [-0.25, -0.2) is 4.72 Å². The molecule has 2 fully saturated rings. The van der Waals surface area contributed by atoms with Gasteiger partial charge in [-0.1, -0.05) is 0 Å². The first-order valence-electron chi connectivity index (χ1n) is 4.05. The zero-order valence-corrected chi connectivity index (χ0v) is 7.51. The second-order valence-corrected chi connectivity index (χ2v) is 4.82. The zero-order valence-electron chi connectivity index (χ0n) is 6.69. The molecule has 0 bridgehead atoms. The van der Waals surface area contributed by atoms with Crippen LogP contribution in [0.4, 0.5) is 0 Å². The van der Waals surface area contributed by atoms with Crippen LogP contribution in [0.1, 0.15) is 6.42 Å². The molecule has 2 saturated heterocycles. The van der Waals surface area contributed by atoms with Crippen molar-refractivity contribution in [3.8, 4) is 0 Å². The molecule has 2 rings (SSSR count). The van der Waals surface area contributed by atoms with Crippen molar-refractivity contribution in [3.05, 3.63) is 0 Å². The Balaban J connectivity index is 2.00. The van der Waals surface area contributed by atoms with Crippen molar-refractivity contribution in [2.45, 2.75) is 12.5 Å². The fourth-order valence-corrected chi connectivity index (χ4v) is 2.57. The van der Waals surface area contributed by atoms with Crippen molar-refractivity contribution in [3.63, 3.8) is 0 Å². The van der Waals surface area contributed by atoms with E-state index in [4.69, 9.17) is 4.74 Å². The standard InChI is InChI=1S/C6H12N2O3S/c9-12(10)7-2-1-3-8(12)4-6-5-11-6/h6-7H,1-5H2/t6-/m1/s1. The van der Waals surface area contributed by atoms with Gasteiger partial charge in [0.15, 0.2) is 0 Å². The lowest BCUT2D eigenvalue weighted by Crippen LogP contribution is -2.48. The Kier molecular flexibility index (Phi) is 2.07. The van der Waals surface area contributed by atoms with Crippen LogP contribution in [-0.2, 0) is 14.9 Å². The molecule has 0 aromatic rings. The maximum absolute atomic E-state index is 11.3. The van der Waals surface area contributed by atoms with E-state index in [-0.39, 0.29) is 6.10 Å². The van der Waals surface area contributed by atoms with Gasteiger partial charge in [0.25, 0.3) is 10.2 Å². The molecule has 0 amide bonds. The molecule has 5 nitrogen and oxygen atoms in total. The fourth-order valence-electron chi connectivity index (χ4n) is 1.26. The molecular weight excluding hydrogens is 180 g/mol. The average molecular weight is 192 g/mol. The maximum Gasteiger partial charge on any atom is 0.279 e. The molecule has 2 heterocycles. The topological polar surface area (TPSA) is 61.9 Å². The Bertz CT molecular complexity index is 260. The molecule has 1 N–H and O–H groups in total. The molecule has 0 saturated carbocycles.